The SMILES string of the molecule is CCNC(=NCc1cc(OC)c(OC)cc1OC)NCCOCCC(C)C.I. The summed E-state index contributed by atoms with van der Waals surface area (Å²) < 4.78 is 21.8. The number of nitrogens with one attached hydrogen (secondary N) is 2. The number of aliphatic imine (C=N–C) groups is 1. The minimum absolute atomic E-state index is 0. The van der Waals surface area contributed by atoms with E-state index >= 15 is 0 Å². The number of benzene rings is 1. The molecular formula is C20H36IN3O4. The fourth-order valence-electron chi connectivity index (χ4n) is 2.38. The van der Waals surface area contributed by atoms with Crippen LogP contribution < -0.4 is 24.8 Å². The molecular weight excluding hydrogens is 473 g/mol. The predicted octanol–water partition coefficient (Wildman–Crippen LogP) is 3.45. The molecule has 0 amide bonds. The Hall–Kier alpha value is -1.42. The van der Waals surface area contributed by atoms with Gasteiger partial charge in [0.05, 0.1) is 34.5 Å². The molecule has 0 spiro atoms. The lowest BCUT2D eigenvalue weighted by molar-refractivity contribution is 0.128. The third-order valence-electron chi connectivity index (χ3n) is 3.92. The maximum Gasteiger partial charge on any atom is 0.191 e. The minimum atomic E-state index is 0. The van der Waals surface area contributed by atoms with Crippen molar-refractivity contribution in [3.05, 3.63) is 17.7 Å². The van der Waals surface area contributed by atoms with Crippen LogP contribution in [0.25, 0.3) is 0 Å². The molecule has 1 rings (SSSR count). The molecule has 0 aliphatic heterocycles. The van der Waals surface area contributed by atoms with Crippen molar-refractivity contribution in [3.8, 4) is 17.2 Å². The first-order valence-corrected chi connectivity index (χ1v) is 9.44. The summed E-state index contributed by atoms with van der Waals surface area (Å²) >= 11 is 0. The molecule has 2 N–H and O–H groups in total. The number of guanidine groups is 1. The quantitative estimate of drug-likeness (QED) is 0.195. The zero-order chi connectivity index (χ0) is 20.1. The van der Waals surface area contributed by atoms with E-state index in [2.05, 4.69) is 29.5 Å². The summed E-state index contributed by atoms with van der Waals surface area (Å²) in [6, 6.07) is 3.70. The molecule has 28 heavy (non-hydrogen) atoms. The van der Waals surface area contributed by atoms with Gasteiger partial charge in [0.1, 0.15) is 5.75 Å². The van der Waals surface area contributed by atoms with Crippen LogP contribution in [0.4, 0.5) is 0 Å². The lowest BCUT2D eigenvalue weighted by Crippen LogP contribution is -2.39. The highest BCUT2D eigenvalue weighted by Crippen LogP contribution is 2.34. The highest BCUT2D eigenvalue weighted by Gasteiger charge is 2.11. The predicted molar refractivity (Wildman–Crippen MR) is 125 cm³/mol. The Bertz CT molecular complexity index is 583. The first kappa shape index (κ1) is 26.6. The number of methoxy groups -OCH3 is 3. The Balaban J connectivity index is 0.00000729. The van der Waals surface area contributed by atoms with Crippen molar-refractivity contribution in [2.75, 3.05) is 47.6 Å². The van der Waals surface area contributed by atoms with Crippen LogP contribution in [0.15, 0.2) is 17.1 Å². The van der Waals surface area contributed by atoms with Crippen molar-refractivity contribution < 1.29 is 18.9 Å². The summed E-state index contributed by atoms with van der Waals surface area (Å²) in [4.78, 5) is 4.63. The second kappa shape index (κ2) is 15.5. The van der Waals surface area contributed by atoms with Crippen LogP contribution in [0, 0.1) is 5.92 Å². The topological polar surface area (TPSA) is 73.3 Å². The van der Waals surface area contributed by atoms with Crippen LogP contribution in [-0.2, 0) is 11.3 Å². The second-order valence-corrected chi connectivity index (χ2v) is 6.44. The van der Waals surface area contributed by atoms with Crippen LogP contribution >= 0.6 is 24.0 Å². The van der Waals surface area contributed by atoms with Gasteiger partial charge < -0.3 is 29.6 Å². The molecule has 0 bridgehead atoms. The van der Waals surface area contributed by atoms with E-state index in [1.807, 2.05) is 19.1 Å². The molecule has 8 heteroatoms. The summed E-state index contributed by atoms with van der Waals surface area (Å²) in [6.07, 6.45) is 1.08. The number of hydrogen-bond donors (Lipinski definition) is 2. The largest absolute Gasteiger partial charge is 0.496 e. The monoisotopic (exact) mass is 509 g/mol. The Morgan fingerprint density at radius 2 is 1.61 bits per heavy atom. The van der Waals surface area contributed by atoms with Crippen molar-refractivity contribution in [1.82, 2.24) is 10.6 Å². The molecule has 0 atom stereocenters. The van der Waals surface area contributed by atoms with Gasteiger partial charge in [0, 0.05) is 31.3 Å². The van der Waals surface area contributed by atoms with E-state index in [1.165, 1.54) is 0 Å². The van der Waals surface area contributed by atoms with Crippen molar-refractivity contribution in [3.63, 3.8) is 0 Å². The van der Waals surface area contributed by atoms with Crippen LogP contribution in [-0.4, -0.2) is 53.6 Å². The molecule has 162 valence electrons. The van der Waals surface area contributed by atoms with Gasteiger partial charge in [-0.2, -0.15) is 0 Å². The van der Waals surface area contributed by atoms with Gasteiger partial charge in [0.15, 0.2) is 17.5 Å². The zero-order valence-corrected chi connectivity index (χ0v) is 20.3. The number of ether oxygens (including phenoxy) is 4. The number of nitrogens with zero attached hydrogens (tertiary/aromatic N) is 1. The Labute approximate surface area is 186 Å². The van der Waals surface area contributed by atoms with Crippen molar-refractivity contribution in [2.45, 2.75) is 33.7 Å². The van der Waals surface area contributed by atoms with Gasteiger partial charge in [0.25, 0.3) is 0 Å². The molecule has 0 saturated carbocycles. The summed E-state index contributed by atoms with van der Waals surface area (Å²) in [7, 11) is 4.85. The van der Waals surface area contributed by atoms with E-state index in [4.69, 9.17) is 18.9 Å². The molecule has 0 heterocycles. The Morgan fingerprint density at radius 3 is 2.18 bits per heavy atom. The Kier molecular flexibility index (Phi) is 14.7. The molecule has 1 aromatic carbocycles. The van der Waals surface area contributed by atoms with Crippen LogP contribution in [0.2, 0.25) is 0 Å². The van der Waals surface area contributed by atoms with Gasteiger partial charge in [0.2, 0.25) is 0 Å². The first-order valence-electron chi connectivity index (χ1n) is 9.44. The molecule has 7 nitrogen and oxygen atoms in total. The first-order chi connectivity index (χ1) is 13.0. The third kappa shape index (κ3) is 9.68. The van der Waals surface area contributed by atoms with Gasteiger partial charge >= 0.3 is 0 Å². The summed E-state index contributed by atoms with van der Waals surface area (Å²) in [6.45, 7) is 9.79. The fourth-order valence-corrected chi connectivity index (χ4v) is 2.38. The molecule has 1 aromatic rings. The standard InChI is InChI=1S/C20H35N3O4.HI/c1-7-21-20(22-9-11-27-10-8-15(2)3)23-14-16-12-18(25-5)19(26-6)13-17(16)24-4;/h12-13,15H,7-11,14H2,1-6H3,(H2,21,22,23);1H. The maximum absolute atomic E-state index is 5.63. The van der Waals surface area contributed by atoms with E-state index in [0.717, 1.165) is 31.1 Å². The maximum atomic E-state index is 5.63. The third-order valence-corrected chi connectivity index (χ3v) is 3.92. The van der Waals surface area contributed by atoms with E-state index in [-0.39, 0.29) is 24.0 Å². The number of rotatable bonds is 12. The van der Waals surface area contributed by atoms with Crippen molar-refractivity contribution in [1.29, 1.82) is 0 Å². The molecule has 0 aliphatic rings. The van der Waals surface area contributed by atoms with Gasteiger partial charge in [-0.1, -0.05) is 13.8 Å². The zero-order valence-electron chi connectivity index (χ0n) is 18.0. The van der Waals surface area contributed by atoms with Crippen LogP contribution in [0.1, 0.15) is 32.8 Å². The van der Waals surface area contributed by atoms with Crippen molar-refractivity contribution >= 4 is 29.9 Å². The molecule has 0 aliphatic carbocycles. The number of hydrogen-bond acceptors (Lipinski definition) is 5. The fraction of sp³-hybridized carbons (Fsp3) is 0.650. The second-order valence-electron chi connectivity index (χ2n) is 6.44. The van der Waals surface area contributed by atoms with E-state index in [0.29, 0.717) is 42.9 Å². The highest BCUT2D eigenvalue weighted by atomic mass is 127. The van der Waals surface area contributed by atoms with Crippen molar-refractivity contribution in [2.24, 2.45) is 10.9 Å². The summed E-state index contributed by atoms with van der Waals surface area (Å²) in [5.41, 5.74) is 0.917. The van der Waals surface area contributed by atoms with E-state index in [9.17, 15) is 0 Å². The van der Waals surface area contributed by atoms with Crippen LogP contribution in [0.5, 0.6) is 17.2 Å². The van der Waals surface area contributed by atoms with E-state index in [1.54, 1.807) is 21.3 Å². The van der Waals surface area contributed by atoms with Gasteiger partial charge in [-0.05, 0) is 25.3 Å². The highest BCUT2D eigenvalue weighted by molar-refractivity contribution is 14.0. The van der Waals surface area contributed by atoms with Gasteiger partial charge in [-0.15, -0.1) is 24.0 Å². The van der Waals surface area contributed by atoms with E-state index < -0.39 is 0 Å². The molecule has 0 radical (unpaired) electrons. The molecule has 0 aromatic heterocycles. The minimum Gasteiger partial charge on any atom is -0.496 e. The van der Waals surface area contributed by atoms with Gasteiger partial charge in [-0.25, -0.2) is 4.99 Å². The number of halogens is 1. The average Bonchev–Trinajstić information content (AvgIpc) is 2.67. The lowest BCUT2D eigenvalue weighted by Gasteiger charge is -2.14. The Morgan fingerprint density at radius 1 is 0.964 bits per heavy atom. The average molecular weight is 509 g/mol. The smallest absolute Gasteiger partial charge is 0.191 e. The summed E-state index contributed by atoms with van der Waals surface area (Å²) in [5.74, 6) is 3.39. The summed E-state index contributed by atoms with van der Waals surface area (Å²) in [5, 5.41) is 6.52. The van der Waals surface area contributed by atoms with Gasteiger partial charge in [-0.3, -0.25) is 0 Å². The molecule has 0 unspecified atom stereocenters. The molecule has 0 fully saturated rings. The molecule has 0 saturated heterocycles. The lowest BCUT2D eigenvalue weighted by atomic mass is 10.1. The normalized spacial score (nSPS) is 11.0. The van der Waals surface area contributed by atoms with Crippen LogP contribution in [0.3, 0.4) is 0 Å².